The summed E-state index contributed by atoms with van der Waals surface area (Å²) in [7, 11) is 0. The average molecular weight is 399 g/mol. The summed E-state index contributed by atoms with van der Waals surface area (Å²) >= 11 is 1.13. The van der Waals surface area contributed by atoms with Crippen molar-refractivity contribution in [2.75, 3.05) is 6.61 Å². The minimum Gasteiger partial charge on any atom is -0.463 e. The maximum atomic E-state index is 11.6. The maximum absolute atomic E-state index is 11.6. The molecule has 0 amide bonds. The van der Waals surface area contributed by atoms with E-state index in [-0.39, 0.29) is 11.8 Å². The van der Waals surface area contributed by atoms with E-state index >= 15 is 0 Å². The Kier molecular flexibility index (Phi) is 5.46. The number of rotatable bonds is 4. The van der Waals surface area contributed by atoms with Crippen molar-refractivity contribution >= 4 is 29.7 Å². The lowest BCUT2D eigenvalue weighted by atomic mass is 9.99. The smallest absolute Gasteiger partial charge is 0.303 e. The topological polar surface area (TPSA) is 136 Å². The van der Waals surface area contributed by atoms with Gasteiger partial charge in [0.25, 0.3) is 5.56 Å². The number of fused-ring (bicyclic) bond motifs is 3. The van der Waals surface area contributed by atoms with Crippen LogP contribution in [0.15, 0.2) is 16.1 Å². The number of aromatic nitrogens is 3. The highest BCUT2D eigenvalue weighted by Gasteiger charge is 2.55. The maximum Gasteiger partial charge on any atom is 0.303 e. The Morgan fingerprint density at radius 3 is 2.44 bits per heavy atom. The molecule has 0 N–H and O–H groups in total. The Balaban J connectivity index is 1.97. The summed E-state index contributed by atoms with van der Waals surface area (Å²) in [5.41, 5.74) is -0.524. The average Bonchev–Trinajstić information content (AvgIpc) is 2.91. The predicted octanol–water partition coefficient (Wildman–Crippen LogP) is -0.563. The van der Waals surface area contributed by atoms with E-state index in [2.05, 4.69) is 10.1 Å². The first-order valence-electron chi connectivity index (χ1n) is 8.02. The van der Waals surface area contributed by atoms with Crippen LogP contribution in [-0.4, -0.2) is 62.8 Å². The zero-order valence-corrected chi connectivity index (χ0v) is 15.5. The number of nitrogens with zero attached hydrogens (tertiary/aromatic N) is 3. The van der Waals surface area contributed by atoms with Crippen molar-refractivity contribution in [3.63, 3.8) is 0 Å². The Labute approximate surface area is 157 Å². The Morgan fingerprint density at radius 1 is 1.15 bits per heavy atom. The highest BCUT2D eigenvalue weighted by atomic mass is 32.2. The molecule has 3 rings (SSSR count). The molecule has 0 unspecified atom stereocenters. The first-order chi connectivity index (χ1) is 12.8. The van der Waals surface area contributed by atoms with Gasteiger partial charge in [0, 0.05) is 20.8 Å². The number of thioether (sulfide) groups is 1. The third kappa shape index (κ3) is 4.11. The summed E-state index contributed by atoms with van der Waals surface area (Å²) in [6.07, 6.45) is -2.56. The normalized spacial score (nSPS) is 28.6. The number of esters is 3. The molecule has 12 heteroatoms. The molecule has 146 valence electrons. The van der Waals surface area contributed by atoms with Crippen molar-refractivity contribution < 1.29 is 33.3 Å². The second-order valence-corrected chi connectivity index (χ2v) is 7.07. The van der Waals surface area contributed by atoms with Crippen molar-refractivity contribution in [1.29, 1.82) is 0 Å². The van der Waals surface area contributed by atoms with Gasteiger partial charge in [0.2, 0.25) is 0 Å². The molecule has 2 aliphatic heterocycles. The molecule has 1 aromatic heterocycles. The van der Waals surface area contributed by atoms with Gasteiger partial charge in [0.05, 0.1) is 0 Å². The molecule has 0 aliphatic carbocycles. The molecule has 27 heavy (non-hydrogen) atoms. The third-order valence-electron chi connectivity index (χ3n) is 3.84. The molecule has 5 atom stereocenters. The SMILES string of the molecule is CC(=O)OC[C@H]1O[C@@H]2[C@@H](Sc3nc(=O)cnn32)[C@@H](OC(C)=O)[C@@H]1OC(C)=O. The van der Waals surface area contributed by atoms with Crippen LogP contribution in [0.4, 0.5) is 0 Å². The number of hydrogen-bond acceptors (Lipinski definition) is 11. The van der Waals surface area contributed by atoms with Gasteiger partial charge >= 0.3 is 17.9 Å². The number of hydrogen-bond donors (Lipinski definition) is 0. The summed E-state index contributed by atoms with van der Waals surface area (Å²) in [5, 5.41) is 3.73. The number of carbonyl (C=O) groups is 3. The lowest BCUT2D eigenvalue weighted by molar-refractivity contribution is -0.225. The molecule has 3 heterocycles. The van der Waals surface area contributed by atoms with Crippen LogP contribution in [0.3, 0.4) is 0 Å². The second-order valence-electron chi connectivity index (χ2n) is 5.92. The fraction of sp³-hybridized carbons (Fsp3) is 0.600. The van der Waals surface area contributed by atoms with Crippen LogP contribution in [0.5, 0.6) is 0 Å². The summed E-state index contributed by atoms with van der Waals surface area (Å²) in [6.45, 7) is 3.44. The molecule has 11 nitrogen and oxygen atoms in total. The summed E-state index contributed by atoms with van der Waals surface area (Å²) in [4.78, 5) is 49.8. The standard InChI is InChI=1S/C15H17N3O8S/c1-6(19)23-5-9-11(24-7(2)20)12(25-8(3)21)13-14(26-9)18-15(27-13)17-10(22)4-16-18/h4,9,11-14H,5H2,1-3H3/t9-,11-,12+,13+,14-/m1/s1. The van der Waals surface area contributed by atoms with Gasteiger partial charge in [-0.05, 0) is 0 Å². The van der Waals surface area contributed by atoms with E-state index in [0.717, 1.165) is 18.0 Å². The van der Waals surface area contributed by atoms with Crippen LogP contribution in [-0.2, 0) is 33.3 Å². The lowest BCUT2D eigenvalue weighted by Crippen LogP contribution is -2.57. The predicted molar refractivity (Wildman–Crippen MR) is 87.6 cm³/mol. The largest absolute Gasteiger partial charge is 0.463 e. The Hall–Kier alpha value is -2.47. The number of carbonyl (C=O) groups excluding carboxylic acids is 3. The molecule has 0 spiro atoms. The monoisotopic (exact) mass is 399 g/mol. The van der Waals surface area contributed by atoms with Crippen molar-refractivity contribution in [3.05, 3.63) is 16.6 Å². The molecule has 0 bridgehead atoms. The van der Waals surface area contributed by atoms with Gasteiger partial charge < -0.3 is 18.9 Å². The Morgan fingerprint density at radius 2 is 1.81 bits per heavy atom. The van der Waals surface area contributed by atoms with E-state index in [1.807, 2.05) is 0 Å². The van der Waals surface area contributed by atoms with Crippen molar-refractivity contribution in [2.24, 2.45) is 0 Å². The molecular weight excluding hydrogens is 382 g/mol. The van der Waals surface area contributed by atoms with E-state index in [9.17, 15) is 19.2 Å². The van der Waals surface area contributed by atoms with Crippen LogP contribution in [0, 0.1) is 0 Å². The highest BCUT2D eigenvalue weighted by molar-refractivity contribution is 8.00. The molecule has 1 aromatic rings. The fourth-order valence-corrected chi connectivity index (χ4v) is 4.21. The second kappa shape index (κ2) is 7.64. The van der Waals surface area contributed by atoms with E-state index < -0.39 is 53.3 Å². The molecular formula is C15H17N3O8S. The van der Waals surface area contributed by atoms with E-state index in [1.54, 1.807) is 0 Å². The van der Waals surface area contributed by atoms with Crippen molar-refractivity contribution in [1.82, 2.24) is 14.8 Å². The van der Waals surface area contributed by atoms with E-state index in [4.69, 9.17) is 18.9 Å². The van der Waals surface area contributed by atoms with E-state index in [1.165, 1.54) is 25.5 Å². The molecule has 1 fully saturated rings. The van der Waals surface area contributed by atoms with Crippen molar-refractivity contribution in [2.45, 2.75) is 55.7 Å². The van der Waals surface area contributed by atoms with Gasteiger partial charge in [-0.15, -0.1) is 0 Å². The van der Waals surface area contributed by atoms with Gasteiger partial charge in [-0.1, -0.05) is 11.8 Å². The van der Waals surface area contributed by atoms with Gasteiger partial charge in [-0.2, -0.15) is 10.1 Å². The van der Waals surface area contributed by atoms with Gasteiger partial charge in [-0.3, -0.25) is 19.2 Å². The van der Waals surface area contributed by atoms with Gasteiger partial charge in [0.1, 0.15) is 24.2 Å². The first-order valence-corrected chi connectivity index (χ1v) is 8.90. The molecule has 0 radical (unpaired) electrons. The van der Waals surface area contributed by atoms with Gasteiger partial charge in [0.15, 0.2) is 23.6 Å². The number of ether oxygens (including phenoxy) is 4. The van der Waals surface area contributed by atoms with Crippen LogP contribution in [0.1, 0.15) is 27.0 Å². The van der Waals surface area contributed by atoms with Crippen LogP contribution in [0.2, 0.25) is 0 Å². The van der Waals surface area contributed by atoms with Crippen LogP contribution >= 0.6 is 11.8 Å². The molecule has 2 aliphatic rings. The summed E-state index contributed by atoms with van der Waals surface area (Å²) in [5.74, 6) is -1.75. The molecule has 0 saturated carbocycles. The first kappa shape index (κ1) is 19.3. The summed E-state index contributed by atoms with van der Waals surface area (Å²) in [6, 6.07) is 0. The zero-order chi connectivity index (χ0) is 19.7. The molecule has 1 saturated heterocycles. The van der Waals surface area contributed by atoms with Crippen LogP contribution < -0.4 is 5.56 Å². The van der Waals surface area contributed by atoms with Crippen molar-refractivity contribution in [3.8, 4) is 0 Å². The minimum absolute atomic E-state index is 0.220. The van der Waals surface area contributed by atoms with E-state index in [0.29, 0.717) is 0 Å². The third-order valence-corrected chi connectivity index (χ3v) is 5.10. The van der Waals surface area contributed by atoms with Crippen LogP contribution in [0.25, 0.3) is 0 Å². The Bertz CT molecular complexity index is 828. The lowest BCUT2D eigenvalue weighted by Gasteiger charge is -2.41. The zero-order valence-electron chi connectivity index (χ0n) is 14.7. The quantitative estimate of drug-likeness (QED) is 0.476. The highest BCUT2D eigenvalue weighted by Crippen LogP contribution is 2.46. The minimum atomic E-state index is -1.01. The molecule has 0 aromatic carbocycles. The fourth-order valence-electron chi connectivity index (χ4n) is 2.92. The van der Waals surface area contributed by atoms with Gasteiger partial charge in [-0.25, -0.2) is 4.68 Å². The summed E-state index contributed by atoms with van der Waals surface area (Å²) < 4.78 is 23.1.